The molecule has 0 unspecified atom stereocenters. The molecule has 0 fully saturated rings. The topological polar surface area (TPSA) is 46.2 Å². The molecule has 1 N–H and O–H groups in total. The number of hydrogen-bond donors (Lipinski definition) is 1. The normalized spacial score (nSPS) is 12.3. The molecule has 0 amide bonds. The second-order valence-electron chi connectivity index (χ2n) is 5.05. The summed E-state index contributed by atoms with van der Waals surface area (Å²) >= 11 is 0. The summed E-state index contributed by atoms with van der Waals surface area (Å²) in [4.78, 5) is -0.127. The van der Waals surface area contributed by atoms with Crippen LogP contribution in [0.25, 0.3) is 0 Å². The minimum absolute atomic E-state index is 0.127. The van der Waals surface area contributed by atoms with Crippen LogP contribution in [0.5, 0.6) is 0 Å². The van der Waals surface area contributed by atoms with Crippen LogP contribution in [-0.4, -0.2) is 8.42 Å². The third kappa shape index (κ3) is 3.82. The zero-order chi connectivity index (χ0) is 17.4. The Balaban J connectivity index is 2.44. The van der Waals surface area contributed by atoms with Crippen LogP contribution < -0.4 is 4.72 Å². The quantitative estimate of drug-likeness (QED) is 0.843. The molecule has 2 aromatic carbocycles. The lowest BCUT2D eigenvalue weighted by Crippen LogP contribution is -2.15. The highest BCUT2D eigenvalue weighted by Crippen LogP contribution is 2.35. The predicted octanol–water partition coefficient (Wildman–Crippen LogP) is 4.26. The molecule has 0 aliphatic rings. The van der Waals surface area contributed by atoms with Gasteiger partial charge in [-0.3, -0.25) is 4.72 Å². The lowest BCUT2D eigenvalue weighted by atomic mass is 10.1. The van der Waals surface area contributed by atoms with E-state index in [0.717, 1.165) is 18.6 Å². The highest BCUT2D eigenvalue weighted by atomic mass is 32.2. The summed E-state index contributed by atoms with van der Waals surface area (Å²) in [5.41, 5.74) is -1.47. The fraction of sp³-hybridized carbons (Fsp3) is 0.200. The van der Waals surface area contributed by atoms with Crippen LogP contribution in [0.2, 0.25) is 0 Å². The Hall–Kier alpha value is -2.09. The molecule has 0 spiro atoms. The first-order valence-corrected chi connectivity index (χ1v) is 7.96. The van der Waals surface area contributed by atoms with Gasteiger partial charge < -0.3 is 0 Å². The number of sulfonamides is 1. The molecular weight excluding hydrogens is 334 g/mol. The molecule has 0 saturated heterocycles. The van der Waals surface area contributed by atoms with Gasteiger partial charge in [0, 0.05) is 0 Å². The summed E-state index contributed by atoms with van der Waals surface area (Å²) in [5.74, 6) is -1.14. The van der Waals surface area contributed by atoms with Crippen molar-refractivity contribution >= 4 is 15.7 Å². The second kappa shape index (κ2) is 5.84. The summed E-state index contributed by atoms with van der Waals surface area (Å²) < 4.78 is 78.5. The van der Waals surface area contributed by atoms with Gasteiger partial charge in [0.15, 0.2) is 0 Å². The molecule has 2 aromatic rings. The second-order valence-corrected chi connectivity index (χ2v) is 6.73. The first kappa shape index (κ1) is 17.3. The number of benzene rings is 2. The molecule has 3 nitrogen and oxygen atoms in total. The van der Waals surface area contributed by atoms with E-state index >= 15 is 0 Å². The molecule has 2 rings (SSSR count). The Kier molecular flexibility index (Phi) is 4.39. The van der Waals surface area contributed by atoms with Crippen LogP contribution in [0.1, 0.15) is 16.7 Å². The van der Waals surface area contributed by atoms with Crippen molar-refractivity contribution in [1.29, 1.82) is 0 Å². The molecule has 0 aliphatic carbocycles. The minimum Gasteiger partial charge on any atom is -0.280 e. The third-order valence-electron chi connectivity index (χ3n) is 3.23. The van der Waals surface area contributed by atoms with E-state index in [-0.39, 0.29) is 4.90 Å². The maximum absolute atomic E-state index is 13.7. The molecular formula is C15H13F4NO2S. The van der Waals surface area contributed by atoms with Crippen LogP contribution in [0.15, 0.2) is 41.3 Å². The van der Waals surface area contributed by atoms with Crippen LogP contribution in [-0.2, 0) is 16.2 Å². The number of anilines is 1. The summed E-state index contributed by atoms with van der Waals surface area (Å²) in [6, 6.07) is 7.01. The highest BCUT2D eigenvalue weighted by Gasteiger charge is 2.34. The molecule has 0 heterocycles. The van der Waals surface area contributed by atoms with E-state index in [2.05, 4.69) is 0 Å². The average Bonchev–Trinajstić information content (AvgIpc) is 2.41. The molecule has 23 heavy (non-hydrogen) atoms. The van der Waals surface area contributed by atoms with Crippen molar-refractivity contribution < 1.29 is 26.0 Å². The number of alkyl halides is 3. The molecule has 0 bridgehead atoms. The number of aryl methyl sites for hydroxylation is 1. The van der Waals surface area contributed by atoms with E-state index in [0.29, 0.717) is 6.07 Å². The number of halogens is 4. The van der Waals surface area contributed by atoms with Gasteiger partial charge in [0.1, 0.15) is 5.82 Å². The number of hydrogen-bond acceptors (Lipinski definition) is 2. The van der Waals surface area contributed by atoms with Gasteiger partial charge in [-0.1, -0.05) is 17.7 Å². The molecule has 0 aliphatic heterocycles. The van der Waals surface area contributed by atoms with Crippen molar-refractivity contribution in [2.75, 3.05) is 4.72 Å². The summed E-state index contributed by atoms with van der Waals surface area (Å²) in [6.45, 7) is 2.74. The van der Waals surface area contributed by atoms with E-state index in [9.17, 15) is 26.0 Å². The van der Waals surface area contributed by atoms with Gasteiger partial charge in [-0.05, 0) is 43.7 Å². The molecule has 8 heteroatoms. The molecule has 0 aromatic heterocycles. The Morgan fingerprint density at radius 1 is 1.00 bits per heavy atom. The summed E-state index contributed by atoms with van der Waals surface area (Å²) in [7, 11) is -4.11. The third-order valence-corrected chi connectivity index (χ3v) is 4.63. The molecule has 124 valence electrons. The largest absolute Gasteiger partial charge is 0.416 e. The van der Waals surface area contributed by atoms with Gasteiger partial charge in [-0.2, -0.15) is 13.2 Å². The summed E-state index contributed by atoms with van der Waals surface area (Å²) in [5, 5.41) is 0. The van der Waals surface area contributed by atoms with Crippen molar-refractivity contribution in [3.05, 3.63) is 58.9 Å². The summed E-state index contributed by atoms with van der Waals surface area (Å²) in [6.07, 6.45) is -4.78. The Bertz CT molecular complexity index is 828. The molecule has 0 atom stereocenters. The van der Waals surface area contributed by atoms with Gasteiger partial charge in [0.05, 0.1) is 16.1 Å². The lowest BCUT2D eigenvalue weighted by Gasteiger charge is -2.14. The van der Waals surface area contributed by atoms with Crippen molar-refractivity contribution in [3.63, 3.8) is 0 Å². The Morgan fingerprint density at radius 2 is 1.57 bits per heavy atom. The van der Waals surface area contributed by atoms with Crippen molar-refractivity contribution in [3.8, 4) is 0 Å². The molecule has 0 saturated carbocycles. The standard InChI is InChI=1S/C15H13F4NO2S/c1-9-3-5-12(6-4-9)23(21,22)20-11-7-13(15(17,18)19)10(2)14(16)8-11/h3-8,20H,1-2H3. The van der Waals surface area contributed by atoms with Crippen LogP contribution in [0, 0.1) is 19.7 Å². The average molecular weight is 347 g/mol. The number of rotatable bonds is 3. The van der Waals surface area contributed by atoms with Crippen LogP contribution >= 0.6 is 0 Å². The van der Waals surface area contributed by atoms with Crippen LogP contribution in [0.4, 0.5) is 23.2 Å². The minimum atomic E-state index is -4.78. The van der Waals surface area contributed by atoms with Gasteiger partial charge in [-0.15, -0.1) is 0 Å². The molecule has 0 radical (unpaired) electrons. The lowest BCUT2D eigenvalue weighted by molar-refractivity contribution is -0.138. The highest BCUT2D eigenvalue weighted by molar-refractivity contribution is 7.92. The predicted molar refractivity (Wildman–Crippen MR) is 78.1 cm³/mol. The van der Waals surface area contributed by atoms with Crippen molar-refractivity contribution in [2.45, 2.75) is 24.9 Å². The Morgan fingerprint density at radius 3 is 2.09 bits per heavy atom. The SMILES string of the molecule is Cc1ccc(S(=O)(=O)Nc2cc(F)c(C)c(C(F)(F)F)c2)cc1. The van der Waals surface area contributed by atoms with E-state index in [1.165, 1.54) is 12.1 Å². The van der Waals surface area contributed by atoms with E-state index in [1.54, 1.807) is 19.1 Å². The van der Waals surface area contributed by atoms with Crippen molar-refractivity contribution in [1.82, 2.24) is 0 Å². The van der Waals surface area contributed by atoms with Gasteiger partial charge in [-0.25, -0.2) is 12.8 Å². The van der Waals surface area contributed by atoms with E-state index < -0.39 is 38.8 Å². The maximum atomic E-state index is 13.7. The fourth-order valence-corrected chi connectivity index (χ4v) is 3.00. The fourth-order valence-electron chi connectivity index (χ4n) is 1.96. The monoisotopic (exact) mass is 347 g/mol. The van der Waals surface area contributed by atoms with E-state index in [1.807, 2.05) is 4.72 Å². The maximum Gasteiger partial charge on any atom is 0.416 e. The van der Waals surface area contributed by atoms with Crippen LogP contribution in [0.3, 0.4) is 0 Å². The first-order chi connectivity index (χ1) is 10.5. The zero-order valence-electron chi connectivity index (χ0n) is 12.2. The first-order valence-electron chi connectivity index (χ1n) is 6.47. The smallest absolute Gasteiger partial charge is 0.280 e. The van der Waals surface area contributed by atoms with Gasteiger partial charge >= 0.3 is 6.18 Å². The van der Waals surface area contributed by atoms with E-state index in [4.69, 9.17) is 0 Å². The van der Waals surface area contributed by atoms with Gasteiger partial charge in [0.2, 0.25) is 0 Å². The Labute approximate surface area is 131 Å². The van der Waals surface area contributed by atoms with Gasteiger partial charge in [0.25, 0.3) is 10.0 Å². The van der Waals surface area contributed by atoms with Crippen molar-refractivity contribution in [2.24, 2.45) is 0 Å². The number of nitrogens with one attached hydrogen (secondary N) is 1. The zero-order valence-corrected chi connectivity index (χ0v) is 13.0.